The van der Waals surface area contributed by atoms with Gasteiger partial charge in [-0.2, -0.15) is 0 Å². The predicted molar refractivity (Wildman–Crippen MR) is 88.6 cm³/mol. The van der Waals surface area contributed by atoms with Crippen LogP contribution in [0.3, 0.4) is 0 Å². The summed E-state index contributed by atoms with van der Waals surface area (Å²) in [6.45, 7) is 0. The van der Waals surface area contributed by atoms with Crippen molar-refractivity contribution in [3.63, 3.8) is 0 Å². The van der Waals surface area contributed by atoms with Crippen molar-refractivity contribution in [1.29, 1.82) is 0 Å². The number of carboxylic acids is 1. The molecular formula is C15H12ClNO3S2. The van der Waals surface area contributed by atoms with Crippen molar-refractivity contribution >= 4 is 46.6 Å². The van der Waals surface area contributed by atoms with Crippen LogP contribution in [0.1, 0.15) is 20.6 Å². The van der Waals surface area contributed by atoms with Crippen molar-refractivity contribution in [2.24, 2.45) is 0 Å². The van der Waals surface area contributed by atoms with Crippen LogP contribution in [-0.2, 0) is 4.79 Å². The Labute approximate surface area is 140 Å². The van der Waals surface area contributed by atoms with Gasteiger partial charge in [-0.15, -0.1) is 23.1 Å². The Morgan fingerprint density at radius 2 is 2.09 bits per heavy atom. The van der Waals surface area contributed by atoms with E-state index in [2.05, 4.69) is 0 Å². The third-order valence-electron chi connectivity index (χ3n) is 3.38. The Morgan fingerprint density at radius 1 is 1.27 bits per heavy atom. The summed E-state index contributed by atoms with van der Waals surface area (Å²) < 4.78 is 0. The van der Waals surface area contributed by atoms with Gasteiger partial charge in [-0.05, 0) is 29.6 Å². The molecule has 4 nitrogen and oxygen atoms in total. The smallest absolute Gasteiger partial charge is 0.327 e. The normalized spacial score (nSPS) is 21.0. The van der Waals surface area contributed by atoms with Crippen LogP contribution in [0.5, 0.6) is 0 Å². The van der Waals surface area contributed by atoms with Gasteiger partial charge >= 0.3 is 5.97 Å². The maximum atomic E-state index is 12.8. The number of hydrogen-bond donors (Lipinski definition) is 1. The standard InChI is InChI=1S/C15H12ClNO3S2/c16-10-4-1-3-9(7-10)13(18)17-11(15(19)20)8-22-14(17)12-5-2-6-21-12/h1-7,11,14H,8H2,(H,19,20)/t11-,14+/m1/s1. The Balaban J connectivity index is 1.98. The number of carboxylic acid groups (broad SMARTS) is 1. The minimum absolute atomic E-state index is 0.271. The number of rotatable bonds is 3. The van der Waals surface area contributed by atoms with Crippen LogP contribution in [0.15, 0.2) is 41.8 Å². The van der Waals surface area contributed by atoms with Crippen molar-refractivity contribution < 1.29 is 14.7 Å². The Hall–Kier alpha value is -1.50. The van der Waals surface area contributed by atoms with Crippen molar-refractivity contribution in [2.45, 2.75) is 11.4 Å². The molecule has 1 amide bonds. The molecule has 7 heteroatoms. The largest absolute Gasteiger partial charge is 0.480 e. The molecule has 0 saturated carbocycles. The number of benzene rings is 1. The topological polar surface area (TPSA) is 57.6 Å². The number of carbonyl (C=O) groups excluding carboxylic acids is 1. The lowest BCUT2D eigenvalue weighted by molar-refractivity contribution is -0.141. The molecule has 1 aromatic carbocycles. The molecule has 2 aromatic rings. The van der Waals surface area contributed by atoms with Crippen LogP contribution in [-0.4, -0.2) is 33.7 Å². The SMILES string of the molecule is O=C(O)[C@H]1CS[C@@H](c2cccs2)N1C(=O)c1cccc(Cl)c1. The van der Waals surface area contributed by atoms with E-state index in [0.29, 0.717) is 16.3 Å². The second kappa shape index (κ2) is 6.32. The van der Waals surface area contributed by atoms with Crippen LogP contribution < -0.4 is 0 Å². The summed E-state index contributed by atoms with van der Waals surface area (Å²) in [4.78, 5) is 26.7. The zero-order valence-corrected chi connectivity index (χ0v) is 13.7. The van der Waals surface area contributed by atoms with Crippen LogP contribution in [0.25, 0.3) is 0 Å². The predicted octanol–water partition coefficient (Wildman–Crippen LogP) is 3.74. The zero-order valence-electron chi connectivity index (χ0n) is 11.3. The molecule has 0 radical (unpaired) electrons. The number of thiophene rings is 1. The van der Waals surface area contributed by atoms with E-state index >= 15 is 0 Å². The van der Waals surface area contributed by atoms with Crippen molar-refractivity contribution in [1.82, 2.24) is 4.90 Å². The van der Waals surface area contributed by atoms with Crippen LogP contribution in [0.4, 0.5) is 0 Å². The van der Waals surface area contributed by atoms with Crippen molar-refractivity contribution in [3.05, 3.63) is 57.2 Å². The first-order valence-corrected chi connectivity index (χ1v) is 8.84. The zero-order chi connectivity index (χ0) is 15.7. The fourth-order valence-electron chi connectivity index (χ4n) is 2.37. The number of nitrogens with zero attached hydrogens (tertiary/aromatic N) is 1. The van der Waals surface area contributed by atoms with E-state index in [-0.39, 0.29) is 11.3 Å². The maximum Gasteiger partial charge on any atom is 0.327 e. The van der Waals surface area contributed by atoms with Gasteiger partial charge in [0.15, 0.2) is 0 Å². The van der Waals surface area contributed by atoms with Gasteiger partial charge in [-0.25, -0.2) is 4.79 Å². The second-order valence-corrected chi connectivity index (χ2v) is 7.31. The lowest BCUT2D eigenvalue weighted by atomic mass is 10.1. The summed E-state index contributed by atoms with van der Waals surface area (Å²) in [6, 6.07) is 9.58. The van der Waals surface area contributed by atoms with Gasteiger partial charge in [0, 0.05) is 21.2 Å². The average molecular weight is 354 g/mol. The van der Waals surface area contributed by atoms with Gasteiger partial charge in [-0.1, -0.05) is 23.7 Å². The average Bonchev–Trinajstić information content (AvgIpc) is 3.15. The van der Waals surface area contributed by atoms with Gasteiger partial charge in [0.05, 0.1) is 0 Å². The molecule has 22 heavy (non-hydrogen) atoms. The molecule has 1 saturated heterocycles. The molecule has 0 aliphatic carbocycles. The first-order chi connectivity index (χ1) is 10.6. The highest BCUT2D eigenvalue weighted by Crippen LogP contribution is 2.43. The van der Waals surface area contributed by atoms with Gasteiger partial charge in [0.1, 0.15) is 11.4 Å². The van der Waals surface area contributed by atoms with Crippen LogP contribution in [0.2, 0.25) is 5.02 Å². The molecule has 114 valence electrons. The summed E-state index contributed by atoms with van der Waals surface area (Å²) in [5.41, 5.74) is 0.405. The van der Waals surface area contributed by atoms with E-state index in [0.717, 1.165) is 4.88 Å². The monoisotopic (exact) mass is 353 g/mol. The lowest BCUT2D eigenvalue weighted by Gasteiger charge is -2.26. The maximum absolute atomic E-state index is 12.8. The van der Waals surface area contributed by atoms with Gasteiger partial charge in [-0.3, -0.25) is 4.79 Å². The molecule has 0 unspecified atom stereocenters. The number of aliphatic carboxylic acids is 1. The summed E-state index contributed by atoms with van der Waals surface area (Å²) in [6.07, 6.45) is 0. The van der Waals surface area contributed by atoms with Crippen molar-refractivity contribution in [2.75, 3.05) is 5.75 Å². The molecule has 0 spiro atoms. The molecular weight excluding hydrogens is 342 g/mol. The summed E-state index contributed by atoms with van der Waals surface area (Å²) in [5.74, 6) is -0.912. The summed E-state index contributed by atoms with van der Waals surface area (Å²) >= 11 is 8.93. The van der Waals surface area contributed by atoms with Gasteiger partial charge in [0.2, 0.25) is 0 Å². The molecule has 1 aliphatic heterocycles. The Bertz CT molecular complexity index is 705. The number of thioether (sulfide) groups is 1. The first kappa shape index (κ1) is 15.4. The molecule has 1 fully saturated rings. The first-order valence-electron chi connectivity index (χ1n) is 6.54. The quantitative estimate of drug-likeness (QED) is 0.913. The number of amides is 1. The minimum Gasteiger partial charge on any atom is -0.480 e. The van der Waals surface area contributed by atoms with E-state index in [1.807, 2.05) is 17.5 Å². The molecule has 1 N–H and O–H groups in total. The minimum atomic E-state index is -0.984. The molecule has 1 aliphatic rings. The van der Waals surface area contributed by atoms with Gasteiger partial charge < -0.3 is 10.0 Å². The van der Waals surface area contributed by atoms with E-state index in [9.17, 15) is 14.7 Å². The second-order valence-electron chi connectivity index (χ2n) is 4.78. The Kier molecular flexibility index (Phi) is 4.42. The summed E-state index contributed by atoms with van der Waals surface area (Å²) in [7, 11) is 0. The van der Waals surface area contributed by atoms with E-state index < -0.39 is 12.0 Å². The van der Waals surface area contributed by atoms with Crippen molar-refractivity contribution in [3.8, 4) is 0 Å². The number of hydrogen-bond acceptors (Lipinski definition) is 4. The van der Waals surface area contributed by atoms with E-state index in [1.54, 1.807) is 24.3 Å². The molecule has 0 bridgehead atoms. The fraction of sp³-hybridized carbons (Fsp3) is 0.200. The van der Waals surface area contributed by atoms with Gasteiger partial charge in [0.25, 0.3) is 5.91 Å². The lowest BCUT2D eigenvalue weighted by Crippen LogP contribution is -2.42. The molecule has 2 atom stereocenters. The number of carbonyl (C=O) groups is 2. The highest BCUT2D eigenvalue weighted by molar-refractivity contribution is 7.99. The molecule has 1 aromatic heterocycles. The fourth-order valence-corrected chi connectivity index (χ4v) is 4.94. The summed E-state index contributed by atoms with van der Waals surface area (Å²) in [5, 5.41) is 11.5. The molecule has 3 rings (SSSR count). The highest BCUT2D eigenvalue weighted by Gasteiger charge is 2.43. The highest BCUT2D eigenvalue weighted by atomic mass is 35.5. The third kappa shape index (κ3) is 2.86. The van der Waals surface area contributed by atoms with E-state index in [4.69, 9.17) is 11.6 Å². The van der Waals surface area contributed by atoms with E-state index in [1.165, 1.54) is 28.0 Å². The van der Waals surface area contributed by atoms with Crippen LogP contribution >= 0.6 is 34.7 Å². The number of halogens is 1. The van der Waals surface area contributed by atoms with Crippen LogP contribution in [0, 0.1) is 0 Å². The molecule has 2 heterocycles. The Morgan fingerprint density at radius 3 is 2.73 bits per heavy atom. The third-order valence-corrected chi connectivity index (χ3v) is 5.99.